The number of hydrogen-bond acceptors (Lipinski definition) is 3. The zero-order chi connectivity index (χ0) is 14.3. The standard InChI is InChI=1S/C13H13F3O3/c1-8(17)19-10-3-4-11-9(7-10)5-6-18-12(11,2)13(14,15)16/h3-4,7H,5-6H2,1-2H3/t12-/m1/s1. The van der Waals surface area contributed by atoms with E-state index in [1.165, 1.54) is 25.1 Å². The van der Waals surface area contributed by atoms with Crippen LogP contribution in [0, 0.1) is 0 Å². The number of carbonyl (C=O) groups excluding carboxylic acids is 1. The average Bonchev–Trinajstić information content (AvgIpc) is 2.26. The highest BCUT2D eigenvalue weighted by molar-refractivity contribution is 5.69. The highest BCUT2D eigenvalue weighted by Crippen LogP contribution is 2.46. The van der Waals surface area contributed by atoms with Crippen LogP contribution in [0.3, 0.4) is 0 Å². The van der Waals surface area contributed by atoms with Crippen molar-refractivity contribution in [2.45, 2.75) is 32.0 Å². The Morgan fingerprint density at radius 3 is 2.68 bits per heavy atom. The Morgan fingerprint density at radius 2 is 2.11 bits per heavy atom. The summed E-state index contributed by atoms with van der Waals surface area (Å²) in [5.41, 5.74) is -1.75. The minimum absolute atomic E-state index is 0.0213. The summed E-state index contributed by atoms with van der Waals surface area (Å²) in [6.07, 6.45) is -4.14. The van der Waals surface area contributed by atoms with Gasteiger partial charge < -0.3 is 9.47 Å². The van der Waals surface area contributed by atoms with Crippen molar-refractivity contribution in [2.75, 3.05) is 6.61 Å². The molecular formula is C13H13F3O3. The molecule has 1 aromatic carbocycles. The molecule has 0 saturated heterocycles. The highest BCUT2D eigenvalue weighted by atomic mass is 19.4. The van der Waals surface area contributed by atoms with Crippen molar-refractivity contribution in [3.8, 4) is 5.75 Å². The number of hydrogen-bond donors (Lipinski definition) is 0. The Balaban J connectivity index is 2.44. The van der Waals surface area contributed by atoms with Gasteiger partial charge >= 0.3 is 12.1 Å². The number of benzene rings is 1. The summed E-state index contributed by atoms with van der Waals surface area (Å²) in [5.74, 6) is -0.261. The molecule has 1 atom stereocenters. The highest BCUT2D eigenvalue weighted by Gasteiger charge is 2.55. The maximum absolute atomic E-state index is 13.1. The van der Waals surface area contributed by atoms with Gasteiger partial charge in [-0.1, -0.05) is 6.07 Å². The van der Waals surface area contributed by atoms with Gasteiger partial charge in [0.15, 0.2) is 5.60 Å². The van der Waals surface area contributed by atoms with E-state index in [0.29, 0.717) is 12.0 Å². The molecule has 0 radical (unpaired) electrons. The second-order valence-corrected chi connectivity index (χ2v) is 4.54. The summed E-state index contributed by atoms with van der Waals surface area (Å²) in [5, 5.41) is 0. The summed E-state index contributed by atoms with van der Waals surface area (Å²) in [4.78, 5) is 10.8. The van der Waals surface area contributed by atoms with Crippen molar-refractivity contribution in [3.63, 3.8) is 0 Å². The zero-order valence-electron chi connectivity index (χ0n) is 10.5. The second-order valence-electron chi connectivity index (χ2n) is 4.54. The molecule has 1 heterocycles. The molecule has 0 N–H and O–H groups in total. The molecule has 0 spiro atoms. The fourth-order valence-corrected chi connectivity index (χ4v) is 2.15. The van der Waals surface area contributed by atoms with E-state index in [0.717, 1.165) is 6.92 Å². The smallest absolute Gasteiger partial charge is 0.421 e. The minimum atomic E-state index is -4.49. The number of esters is 1. The number of fused-ring (bicyclic) bond motifs is 1. The Labute approximate surface area is 108 Å². The molecule has 104 valence electrons. The van der Waals surface area contributed by atoms with E-state index in [9.17, 15) is 18.0 Å². The van der Waals surface area contributed by atoms with Crippen LogP contribution in [-0.4, -0.2) is 18.8 Å². The summed E-state index contributed by atoms with van der Waals surface area (Å²) in [6.45, 7) is 2.23. The molecule has 3 nitrogen and oxygen atoms in total. The molecule has 1 aliphatic heterocycles. The van der Waals surface area contributed by atoms with Crippen molar-refractivity contribution in [1.29, 1.82) is 0 Å². The predicted octanol–water partition coefficient (Wildman–Crippen LogP) is 2.96. The van der Waals surface area contributed by atoms with Gasteiger partial charge in [0.05, 0.1) is 6.61 Å². The SMILES string of the molecule is CC(=O)Oc1ccc2c(c1)CCO[C@@]2(C)C(F)(F)F. The van der Waals surface area contributed by atoms with Gasteiger partial charge in [0, 0.05) is 6.92 Å². The quantitative estimate of drug-likeness (QED) is 0.583. The normalized spacial score (nSPS) is 22.8. The molecule has 2 rings (SSSR count). The van der Waals surface area contributed by atoms with Crippen molar-refractivity contribution in [2.24, 2.45) is 0 Å². The first-order valence-corrected chi connectivity index (χ1v) is 5.76. The maximum Gasteiger partial charge on any atom is 0.421 e. The molecule has 0 aromatic heterocycles. The van der Waals surface area contributed by atoms with Gasteiger partial charge in [-0.15, -0.1) is 0 Å². The van der Waals surface area contributed by atoms with Gasteiger partial charge in [0.25, 0.3) is 0 Å². The molecule has 0 fully saturated rings. The summed E-state index contributed by atoms with van der Waals surface area (Å²) >= 11 is 0. The van der Waals surface area contributed by atoms with E-state index >= 15 is 0 Å². The molecule has 1 aliphatic rings. The summed E-state index contributed by atoms with van der Waals surface area (Å²) in [6, 6.07) is 4.11. The van der Waals surface area contributed by atoms with Gasteiger partial charge in [0.2, 0.25) is 0 Å². The summed E-state index contributed by atoms with van der Waals surface area (Å²) < 4.78 is 49.1. The number of ether oxygens (including phenoxy) is 2. The number of halogens is 3. The third-order valence-electron chi connectivity index (χ3n) is 3.16. The lowest BCUT2D eigenvalue weighted by Crippen LogP contribution is -2.45. The largest absolute Gasteiger partial charge is 0.427 e. The van der Waals surface area contributed by atoms with Crippen LogP contribution in [0.25, 0.3) is 0 Å². The number of alkyl halides is 3. The molecule has 0 aliphatic carbocycles. The predicted molar refractivity (Wildman–Crippen MR) is 60.8 cm³/mol. The molecule has 6 heteroatoms. The molecule has 19 heavy (non-hydrogen) atoms. The third kappa shape index (κ3) is 2.45. The average molecular weight is 274 g/mol. The molecule has 0 bridgehead atoms. The first kappa shape index (κ1) is 13.9. The van der Waals surface area contributed by atoms with Crippen molar-refractivity contribution >= 4 is 5.97 Å². The van der Waals surface area contributed by atoms with Gasteiger partial charge in [-0.25, -0.2) is 0 Å². The van der Waals surface area contributed by atoms with Crippen LogP contribution < -0.4 is 4.74 Å². The van der Waals surface area contributed by atoms with Crippen LogP contribution in [-0.2, 0) is 21.6 Å². The van der Waals surface area contributed by atoms with Crippen LogP contribution >= 0.6 is 0 Å². The van der Waals surface area contributed by atoms with E-state index in [4.69, 9.17) is 9.47 Å². The molecule has 0 saturated carbocycles. The molecular weight excluding hydrogens is 261 g/mol. The van der Waals surface area contributed by atoms with Gasteiger partial charge in [-0.2, -0.15) is 13.2 Å². The Hall–Kier alpha value is -1.56. The number of carbonyl (C=O) groups is 1. The van der Waals surface area contributed by atoms with E-state index in [2.05, 4.69) is 0 Å². The molecule has 1 aromatic rings. The van der Waals surface area contributed by atoms with Crippen molar-refractivity contribution in [3.05, 3.63) is 29.3 Å². The van der Waals surface area contributed by atoms with Gasteiger partial charge in [-0.05, 0) is 36.6 Å². The fraction of sp³-hybridized carbons (Fsp3) is 0.462. The topological polar surface area (TPSA) is 35.5 Å². The van der Waals surface area contributed by atoms with Crippen molar-refractivity contribution < 1.29 is 27.4 Å². The first-order valence-electron chi connectivity index (χ1n) is 5.76. The first-order chi connectivity index (χ1) is 8.74. The monoisotopic (exact) mass is 274 g/mol. The third-order valence-corrected chi connectivity index (χ3v) is 3.16. The van der Waals surface area contributed by atoms with Crippen LogP contribution in [0.15, 0.2) is 18.2 Å². The van der Waals surface area contributed by atoms with Crippen LogP contribution in [0.5, 0.6) is 5.75 Å². The minimum Gasteiger partial charge on any atom is -0.427 e. The Bertz CT molecular complexity index is 510. The maximum atomic E-state index is 13.1. The van der Waals surface area contributed by atoms with E-state index in [1.807, 2.05) is 0 Å². The lowest BCUT2D eigenvalue weighted by atomic mass is 9.87. The molecule has 0 amide bonds. The van der Waals surface area contributed by atoms with Crippen LogP contribution in [0.4, 0.5) is 13.2 Å². The van der Waals surface area contributed by atoms with Crippen LogP contribution in [0.1, 0.15) is 25.0 Å². The van der Waals surface area contributed by atoms with Gasteiger partial charge in [0.1, 0.15) is 5.75 Å². The lowest BCUT2D eigenvalue weighted by molar-refractivity contribution is -0.281. The molecule has 0 unspecified atom stereocenters. The Kier molecular flexibility index (Phi) is 3.30. The van der Waals surface area contributed by atoms with Gasteiger partial charge in [-0.3, -0.25) is 4.79 Å². The number of rotatable bonds is 1. The van der Waals surface area contributed by atoms with Crippen molar-refractivity contribution in [1.82, 2.24) is 0 Å². The van der Waals surface area contributed by atoms with E-state index in [1.54, 1.807) is 0 Å². The Morgan fingerprint density at radius 1 is 1.42 bits per heavy atom. The lowest BCUT2D eigenvalue weighted by Gasteiger charge is -2.37. The fourth-order valence-electron chi connectivity index (χ4n) is 2.15. The zero-order valence-corrected chi connectivity index (χ0v) is 10.5. The van der Waals surface area contributed by atoms with E-state index < -0.39 is 17.7 Å². The second kappa shape index (κ2) is 4.52. The summed E-state index contributed by atoms with van der Waals surface area (Å²) in [7, 11) is 0. The van der Waals surface area contributed by atoms with Crippen LogP contribution in [0.2, 0.25) is 0 Å². The van der Waals surface area contributed by atoms with E-state index in [-0.39, 0.29) is 17.9 Å².